The molecule has 3 nitrogen and oxygen atoms in total. The SMILES string of the molecule is C=C/C(C)=C(/N=C(/C)N=C)C(=C/N(C)C1(C)CC1)\C(C)C1=CC(CCF)CC=C1C. The molecule has 0 spiro atoms. The molecule has 0 aromatic carbocycles. The van der Waals surface area contributed by atoms with Crippen LogP contribution < -0.4 is 0 Å². The minimum atomic E-state index is -0.283. The van der Waals surface area contributed by atoms with Crippen LogP contribution in [0.1, 0.15) is 60.3 Å². The van der Waals surface area contributed by atoms with E-state index in [0.29, 0.717) is 12.3 Å². The van der Waals surface area contributed by atoms with Crippen molar-refractivity contribution in [3.05, 3.63) is 59.0 Å². The van der Waals surface area contributed by atoms with E-state index in [1.807, 2.05) is 19.9 Å². The lowest BCUT2D eigenvalue weighted by Gasteiger charge is -2.30. The van der Waals surface area contributed by atoms with Crippen LogP contribution in [-0.4, -0.2) is 36.7 Å². The maximum atomic E-state index is 13.0. The molecule has 4 heteroatoms. The van der Waals surface area contributed by atoms with Crippen LogP contribution in [0.5, 0.6) is 0 Å². The number of hydrogen-bond acceptors (Lipinski definition) is 2. The second-order valence-corrected chi connectivity index (χ2v) is 8.95. The molecule has 0 amide bonds. The van der Waals surface area contributed by atoms with E-state index in [1.165, 1.54) is 24.0 Å². The number of hydrogen-bond donors (Lipinski definition) is 0. The summed E-state index contributed by atoms with van der Waals surface area (Å²) in [4.78, 5) is 11.1. The molecule has 0 bridgehead atoms. The Morgan fingerprint density at radius 3 is 2.60 bits per heavy atom. The molecule has 2 rings (SSSR count). The number of aliphatic imine (C=N–C) groups is 2. The summed E-state index contributed by atoms with van der Waals surface area (Å²) in [5.41, 5.74) is 5.75. The molecule has 2 unspecified atom stereocenters. The minimum Gasteiger partial charge on any atom is -0.375 e. The fraction of sp³-hybridized carbons (Fsp3) is 0.538. The van der Waals surface area contributed by atoms with E-state index in [1.54, 1.807) is 0 Å². The van der Waals surface area contributed by atoms with Crippen molar-refractivity contribution in [2.45, 2.75) is 65.8 Å². The highest BCUT2D eigenvalue weighted by molar-refractivity contribution is 5.85. The van der Waals surface area contributed by atoms with Gasteiger partial charge in [-0.1, -0.05) is 37.3 Å². The molecule has 2 aliphatic carbocycles. The van der Waals surface area contributed by atoms with E-state index in [9.17, 15) is 4.39 Å². The lowest BCUT2D eigenvalue weighted by molar-refractivity contribution is 0.327. The van der Waals surface area contributed by atoms with E-state index in [4.69, 9.17) is 4.99 Å². The molecule has 2 aliphatic rings. The molecule has 2 atom stereocenters. The molecular formula is C26H38FN3. The van der Waals surface area contributed by atoms with Crippen molar-refractivity contribution in [1.82, 2.24) is 4.90 Å². The number of nitrogens with zero attached hydrogens (tertiary/aromatic N) is 3. The molecule has 30 heavy (non-hydrogen) atoms. The maximum absolute atomic E-state index is 13.0. The third-order valence-electron chi connectivity index (χ3n) is 6.62. The van der Waals surface area contributed by atoms with Crippen LogP contribution in [0.3, 0.4) is 0 Å². The summed E-state index contributed by atoms with van der Waals surface area (Å²) in [6.45, 7) is 17.9. The molecule has 0 radical (unpaired) electrons. The second-order valence-electron chi connectivity index (χ2n) is 8.95. The van der Waals surface area contributed by atoms with Gasteiger partial charge in [0.25, 0.3) is 0 Å². The maximum Gasteiger partial charge on any atom is 0.125 e. The van der Waals surface area contributed by atoms with Crippen molar-refractivity contribution in [3.8, 4) is 0 Å². The van der Waals surface area contributed by atoms with Gasteiger partial charge in [0.15, 0.2) is 0 Å². The summed E-state index contributed by atoms with van der Waals surface area (Å²) in [6.07, 6.45) is 12.5. The Labute approximate surface area is 182 Å². The summed E-state index contributed by atoms with van der Waals surface area (Å²) >= 11 is 0. The van der Waals surface area contributed by atoms with Crippen molar-refractivity contribution in [2.75, 3.05) is 13.7 Å². The molecule has 0 aromatic heterocycles. The predicted molar refractivity (Wildman–Crippen MR) is 129 cm³/mol. The van der Waals surface area contributed by atoms with Gasteiger partial charge in [0, 0.05) is 30.3 Å². The van der Waals surface area contributed by atoms with Gasteiger partial charge in [-0.3, -0.25) is 4.39 Å². The first-order valence-electron chi connectivity index (χ1n) is 10.9. The van der Waals surface area contributed by atoms with Crippen LogP contribution in [0.2, 0.25) is 0 Å². The molecule has 1 saturated carbocycles. The van der Waals surface area contributed by atoms with Gasteiger partial charge in [-0.25, -0.2) is 9.98 Å². The van der Waals surface area contributed by atoms with Crippen molar-refractivity contribution < 1.29 is 4.39 Å². The van der Waals surface area contributed by atoms with Crippen molar-refractivity contribution in [2.24, 2.45) is 21.8 Å². The molecule has 0 saturated heterocycles. The largest absolute Gasteiger partial charge is 0.375 e. The van der Waals surface area contributed by atoms with E-state index in [0.717, 1.165) is 23.3 Å². The molecule has 164 valence electrons. The average Bonchev–Trinajstić information content (AvgIpc) is 3.49. The highest BCUT2D eigenvalue weighted by Gasteiger charge is 2.40. The van der Waals surface area contributed by atoms with E-state index < -0.39 is 0 Å². The fourth-order valence-electron chi connectivity index (χ4n) is 3.84. The Morgan fingerprint density at radius 2 is 2.07 bits per heavy atom. The van der Waals surface area contributed by atoms with Gasteiger partial charge in [0.1, 0.15) is 5.84 Å². The summed E-state index contributed by atoms with van der Waals surface area (Å²) in [6, 6.07) is 0. The lowest BCUT2D eigenvalue weighted by atomic mass is 9.80. The van der Waals surface area contributed by atoms with Gasteiger partial charge >= 0.3 is 0 Å². The Kier molecular flexibility index (Phi) is 8.17. The van der Waals surface area contributed by atoms with Gasteiger partial charge in [-0.15, -0.1) is 0 Å². The number of allylic oxidation sites excluding steroid dienone is 7. The smallest absolute Gasteiger partial charge is 0.125 e. The molecule has 0 heterocycles. The third kappa shape index (κ3) is 5.68. The van der Waals surface area contributed by atoms with Crippen molar-refractivity contribution >= 4 is 12.6 Å². The Balaban J connectivity index is 2.60. The standard InChI is InChI=1S/C26H38FN3/c1-9-18(2)25(29-21(5)28-7)24(17-30(8)26(6)13-14-26)20(4)23-16-22(12-15-27)11-10-19(23)3/h9-10,16-17,20,22H,1,7,11-15H2,2-6,8H3/b24-17-,25-18+,29-21-. The fourth-order valence-corrected chi connectivity index (χ4v) is 3.84. The Hall–Kier alpha value is -2.23. The normalized spacial score (nSPS) is 23.1. The number of rotatable bonds is 9. The van der Waals surface area contributed by atoms with Crippen molar-refractivity contribution in [1.29, 1.82) is 0 Å². The summed E-state index contributed by atoms with van der Waals surface area (Å²) in [5, 5.41) is 0. The second kappa shape index (κ2) is 10.2. The predicted octanol–water partition coefficient (Wildman–Crippen LogP) is 6.82. The highest BCUT2D eigenvalue weighted by atomic mass is 19.1. The van der Waals surface area contributed by atoms with Gasteiger partial charge in [0.05, 0.1) is 12.4 Å². The quantitative estimate of drug-likeness (QED) is 0.232. The first-order chi connectivity index (χ1) is 14.2. The zero-order valence-corrected chi connectivity index (χ0v) is 19.6. The summed E-state index contributed by atoms with van der Waals surface area (Å²) < 4.78 is 13.0. The molecule has 0 aliphatic heterocycles. The molecule has 1 fully saturated rings. The molecule has 0 aromatic rings. The van der Waals surface area contributed by atoms with Gasteiger partial charge in [-0.05, 0) is 77.2 Å². The minimum absolute atomic E-state index is 0.111. The number of amidine groups is 1. The van der Waals surface area contributed by atoms with Crippen LogP contribution in [0, 0.1) is 11.8 Å². The lowest BCUT2D eigenvalue weighted by Crippen LogP contribution is -2.27. The summed E-state index contributed by atoms with van der Waals surface area (Å²) in [7, 11) is 2.15. The van der Waals surface area contributed by atoms with Gasteiger partial charge in [0.2, 0.25) is 0 Å². The highest BCUT2D eigenvalue weighted by Crippen LogP contribution is 2.43. The molecule has 0 N–H and O–H groups in total. The van der Waals surface area contributed by atoms with Crippen LogP contribution in [0.25, 0.3) is 0 Å². The third-order valence-corrected chi connectivity index (χ3v) is 6.62. The van der Waals surface area contributed by atoms with Gasteiger partial charge < -0.3 is 4.90 Å². The Morgan fingerprint density at radius 1 is 1.40 bits per heavy atom. The first-order valence-corrected chi connectivity index (χ1v) is 10.9. The average molecular weight is 412 g/mol. The van der Waals surface area contributed by atoms with Crippen LogP contribution >= 0.6 is 0 Å². The van der Waals surface area contributed by atoms with E-state index in [2.05, 4.69) is 69.4 Å². The summed E-state index contributed by atoms with van der Waals surface area (Å²) in [5.74, 6) is 0.994. The van der Waals surface area contributed by atoms with Crippen molar-refractivity contribution in [3.63, 3.8) is 0 Å². The topological polar surface area (TPSA) is 28.0 Å². The zero-order chi connectivity index (χ0) is 22.5. The Bertz CT molecular complexity index is 821. The van der Waals surface area contributed by atoms with E-state index in [-0.39, 0.29) is 24.0 Å². The monoisotopic (exact) mass is 411 g/mol. The van der Waals surface area contributed by atoms with Crippen LogP contribution in [-0.2, 0) is 0 Å². The van der Waals surface area contributed by atoms with Crippen LogP contribution in [0.15, 0.2) is 69.0 Å². The number of halogens is 1. The first kappa shape index (κ1) is 24.0. The zero-order valence-electron chi connectivity index (χ0n) is 19.6. The van der Waals surface area contributed by atoms with Crippen LogP contribution in [0.4, 0.5) is 4.39 Å². The van der Waals surface area contributed by atoms with Gasteiger partial charge in [-0.2, -0.15) is 0 Å². The molecular weight excluding hydrogens is 373 g/mol. The van der Waals surface area contributed by atoms with E-state index >= 15 is 0 Å². The number of alkyl halides is 1.